The number of benzene rings is 4. The summed E-state index contributed by atoms with van der Waals surface area (Å²) in [5.74, 6) is 1.94. The van der Waals surface area contributed by atoms with E-state index in [0.29, 0.717) is 92.0 Å². The van der Waals surface area contributed by atoms with E-state index in [9.17, 15) is 9.59 Å². The molecule has 1 N–H and O–H groups in total. The van der Waals surface area contributed by atoms with Crippen LogP contribution in [0.25, 0.3) is 11.1 Å². The van der Waals surface area contributed by atoms with Gasteiger partial charge in [-0.1, -0.05) is 50.2 Å². The van der Waals surface area contributed by atoms with Crippen LogP contribution < -0.4 is 29.2 Å². The maximum Gasteiger partial charge on any atom is 0.261 e. The zero-order chi connectivity index (χ0) is 38.5. The number of carbonyl (C=O) groups excluding carboxylic acids is 2. The first-order valence-corrected chi connectivity index (χ1v) is 18.9. The van der Waals surface area contributed by atoms with Gasteiger partial charge in [-0.3, -0.25) is 24.5 Å². The van der Waals surface area contributed by atoms with E-state index in [4.69, 9.17) is 33.7 Å². The van der Waals surface area contributed by atoms with Crippen molar-refractivity contribution in [2.24, 2.45) is 9.98 Å². The largest absolute Gasteiger partial charge is 0.493 e. The third-order valence-electron chi connectivity index (χ3n) is 9.92. The number of fused-ring (bicyclic) bond motifs is 7. The summed E-state index contributed by atoms with van der Waals surface area (Å²) in [6.07, 6.45) is 6.99. The van der Waals surface area contributed by atoms with Crippen molar-refractivity contribution in [2.75, 3.05) is 38.9 Å². The summed E-state index contributed by atoms with van der Waals surface area (Å²) in [4.78, 5) is 36.6. The monoisotopic (exact) mass is 762 g/mol. The number of amides is 2. The van der Waals surface area contributed by atoms with E-state index in [-0.39, 0.29) is 22.7 Å². The van der Waals surface area contributed by atoms with Crippen molar-refractivity contribution in [3.8, 4) is 34.1 Å². The maximum absolute atomic E-state index is 14.0. The highest BCUT2D eigenvalue weighted by Gasteiger charge is 2.37. The minimum absolute atomic E-state index is 0.0764. The van der Waals surface area contributed by atoms with E-state index in [2.05, 4.69) is 43.9 Å². The molecule has 2 atom stereocenters. The molecule has 4 aromatic carbocycles. The van der Waals surface area contributed by atoms with Gasteiger partial charge in [0, 0.05) is 60.0 Å². The molecule has 0 fully saturated rings. The minimum Gasteiger partial charge on any atom is -0.493 e. The Balaban J connectivity index is 1.00. The fourth-order valence-electron chi connectivity index (χ4n) is 7.09. The van der Waals surface area contributed by atoms with E-state index in [0.717, 1.165) is 39.9 Å². The highest BCUT2D eigenvalue weighted by molar-refractivity contribution is 7.81. The lowest BCUT2D eigenvalue weighted by Crippen LogP contribution is -2.37. The molecule has 1 unspecified atom stereocenters. The second-order valence-corrected chi connectivity index (χ2v) is 15.6. The number of hydrogen-bond acceptors (Lipinski definition) is 10. The number of nitrogens with one attached hydrogen (secondary N) is 1. The van der Waals surface area contributed by atoms with Gasteiger partial charge in [-0.2, -0.15) is 12.6 Å². The first-order valence-electron chi connectivity index (χ1n) is 18.5. The van der Waals surface area contributed by atoms with E-state index >= 15 is 0 Å². The van der Waals surface area contributed by atoms with Crippen molar-refractivity contribution in [2.45, 2.75) is 63.0 Å². The number of hydrogen-bond donors (Lipinski definition) is 2. The van der Waals surface area contributed by atoms with Crippen LogP contribution >= 0.6 is 12.6 Å². The van der Waals surface area contributed by atoms with Gasteiger partial charge >= 0.3 is 0 Å². The Kier molecular flexibility index (Phi) is 11.4. The number of methoxy groups -OCH3 is 2. The summed E-state index contributed by atoms with van der Waals surface area (Å²) in [5, 5.41) is 2.84. The molecule has 7 rings (SSSR count). The lowest BCUT2D eigenvalue weighted by atomic mass is 9.93. The molecule has 0 aliphatic carbocycles. The standard InChI is InChI=1S/C43H46N4O7S/c1-43(2,55)12-15-52-25-27-10-11-37-29(16-27)18-31-24-45-36-22-41(39(51-4)20-34(36)42(49)47(31)37)54-14-7-13-53-40-21-35-33(19-38(40)50-3)32-9-6-5-8-28(32)17-30(23-44-35)46-26-48/h5-6,8-11,16,19-24,26,30-31,55H,7,12-15,17-18,25H2,1-4H3,(H,46,48)/b44-23-/t30?,31-/m0/s1. The van der Waals surface area contributed by atoms with Gasteiger partial charge in [-0.25, -0.2) is 0 Å². The minimum atomic E-state index is -0.237. The molecule has 0 aromatic heterocycles. The number of nitrogens with zero attached hydrogens (tertiary/aromatic N) is 3. The molecule has 0 spiro atoms. The van der Waals surface area contributed by atoms with Gasteiger partial charge in [0.25, 0.3) is 5.91 Å². The summed E-state index contributed by atoms with van der Waals surface area (Å²) in [7, 11) is 3.17. The molecule has 4 aromatic rings. The predicted octanol–water partition coefficient (Wildman–Crippen LogP) is 7.49. The van der Waals surface area contributed by atoms with E-state index in [1.807, 2.05) is 53.6 Å². The van der Waals surface area contributed by atoms with Gasteiger partial charge in [0.15, 0.2) is 23.0 Å². The van der Waals surface area contributed by atoms with Crippen molar-refractivity contribution < 1.29 is 33.3 Å². The van der Waals surface area contributed by atoms with Crippen LogP contribution in [0, 0.1) is 0 Å². The first-order chi connectivity index (χ1) is 26.6. The molecule has 12 heteroatoms. The molecule has 0 saturated carbocycles. The number of anilines is 1. The van der Waals surface area contributed by atoms with Gasteiger partial charge in [0.05, 0.1) is 63.1 Å². The highest BCUT2D eigenvalue weighted by atomic mass is 32.1. The van der Waals surface area contributed by atoms with Gasteiger partial charge in [0.1, 0.15) is 0 Å². The molecule has 0 radical (unpaired) electrons. The molecule has 3 aliphatic heterocycles. The molecule has 55 heavy (non-hydrogen) atoms. The van der Waals surface area contributed by atoms with Crippen LogP contribution in [0.5, 0.6) is 23.0 Å². The molecule has 0 saturated heterocycles. The van der Waals surface area contributed by atoms with E-state index in [1.165, 1.54) is 0 Å². The average Bonchev–Trinajstić information content (AvgIpc) is 3.48. The molecule has 0 bridgehead atoms. The number of thiol groups is 1. The second kappa shape index (κ2) is 16.6. The number of rotatable bonds is 15. The Bertz CT molecular complexity index is 2130. The van der Waals surface area contributed by atoms with E-state index < -0.39 is 0 Å². The maximum atomic E-state index is 14.0. The molecular formula is C43H46N4O7S. The smallest absolute Gasteiger partial charge is 0.261 e. The van der Waals surface area contributed by atoms with Crippen LogP contribution in [-0.4, -0.2) is 75.6 Å². The van der Waals surface area contributed by atoms with Gasteiger partial charge < -0.3 is 29.0 Å². The van der Waals surface area contributed by atoms with Gasteiger partial charge in [0.2, 0.25) is 6.41 Å². The molecule has 286 valence electrons. The summed E-state index contributed by atoms with van der Waals surface area (Å²) in [5.41, 5.74) is 7.78. The SMILES string of the molecule is COc1cc2c(cc1OCCCOc1cc3c(cc1OC)-c1ccccc1CC(NC=O)/C=N\3)N=C[C@@H]1Cc3cc(COCCC(C)(C)S)ccc3N1C2=O. The Hall–Kier alpha value is -5.33. The van der Waals surface area contributed by atoms with Crippen molar-refractivity contribution in [1.29, 1.82) is 0 Å². The topological polar surface area (TPSA) is 120 Å². The van der Waals surface area contributed by atoms with Crippen LogP contribution in [-0.2, 0) is 29.0 Å². The Morgan fingerprint density at radius 2 is 1.51 bits per heavy atom. The van der Waals surface area contributed by atoms with Crippen molar-refractivity contribution in [3.63, 3.8) is 0 Å². The number of ether oxygens (including phenoxy) is 5. The Labute approximate surface area is 327 Å². The van der Waals surface area contributed by atoms with Gasteiger partial charge in [-0.05, 0) is 53.3 Å². The first kappa shape index (κ1) is 38.0. The summed E-state index contributed by atoms with van der Waals surface area (Å²) in [6.45, 7) is 5.95. The van der Waals surface area contributed by atoms with Crippen LogP contribution in [0.15, 0.2) is 76.7 Å². The molecule has 3 aliphatic rings. The summed E-state index contributed by atoms with van der Waals surface area (Å²) in [6, 6.07) is 21.1. The lowest BCUT2D eigenvalue weighted by Gasteiger charge is -2.22. The fraction of sp³-hybridized carbons (Fsp3) is 0.349. The third kappa shape index (κ3) is 8.50. The number of aliphatic imine (C=N–C) groups is 2. The van der Waals surface area contributed by atoms with Gasteiger partial charge in [-0.15, -0.1) is 0 Å². The third-order valence-corrected chi connectivity index (χ3v) is 10.1. The Morgan fingerprint density at radius 1 is 0.818 bits per heavy atom. The summed E-state index contributed by atoms with van der Waals surface area (Å²) < 4.78 is 29.6. The molecule has 2 amide bonds. The highest BCUT2D eigenvalue weighted by Crippen LogP contribution is 2.43. The molecular weight excluding hydrogens is 717 g/mol. The zero-order valence-corrected chi connectivity index (χ0v) is 32.4. The average molecular weight is 763 g/mol. The lowest BCUT2D eigenvalue weighted by molar-refractivity contribution is -0.109. The molecule has 11 nitrogen and oxygen atoms in total. The fourth-order valence-corrected chi connectivity index (χ4v) is 7.18. The van der Waals surface area contributed by atoms with Crippen LogP contribution in [0.4, 0.5) is 17.1 Å². The van der Waals surface area contributed by atoms with Crippen LogP contribution in [0.2, 0.25) is 0 Å². The summed E-state index contributed by atoms with van der Waals surface area (Å²) >= 11 is 4.57. The quantitative estimate of drug-likeness (QED) is 0.0732. The van der Waals surface area contributed by atoms with Crippen molar-refractivity contribution in [3.05, 3.63) is 89.0 Å². The zero-order valence-electron chi connectivity index (χ0n) is 31.5. The Morgan fingerprint density at radius 3 is 2.22 bits per heavy atom. The second-order valence-electron chi connectivity index (χ2n) is 14.4. The van der Waals surface area contributed by atoms with Crippen LogP contribution in [0.3, 0.4) is 0 Å². The number of carbonyl (C=O) groups is 2. The normalized spacial score (nSPS) is 17.3. The van der Waals surface area contributed by atoms with Crippen molar-refractivity contribution >= 4 is 54.4 Å². The molecule has 3 heterocycles. The van der Waals surface area contributed by atoms with E-state index in [1.54, 1.807) is 32.6 Å². The predicted molar refractivity (Wildman–Crippen MR) is 218 cm³/mol. The van der Waals surface area contributed by atoms with Crippen LogP contribution in [0.1, 0.15) is 53.7 Å². The van der Waals surface area contributed by atoms with Crippen molar-refractivity contribution in [1.82, 2.24) is 5.32 Å².